The van der Waals surface area contributed by atoms with Crippen LogP contribution in [0.15, 0.2) is 24.3 Å². The molecule has 0 aromatic rings. The number of imide groups is 2. The van der Waals surface area contributed by atoms with Gasteiger partial charge in [-0.15, -0.1) is 0 Å². The lowest BCUT2D eigenvalue weighted by Crippen LogP contribution is -2.47. The van der Waals surface area contributed by atoms with Crippen molar-refractivity contribution in [2.75, 3.05) is 409 Å². The third-order valence-corrected chi connectivity index (χ3v) is 17.6. The van der Waals surface area contributed by atoms with Crippen LogP contribution < -0.4 is 26.6 Å². The van der Waals surface area contributed by atoms with Gasteiger partial charge >= 0.3 is 5.97 Å². The van der Waals surface area contributed by atoms with Gasteiger partial charge in [0.1, 0.15) is 11.6 Å². The molecule has 0 saturated carbocycles. The lowest BCUT2D eigenvalue weighted by molar-refractivity contribution is -0.156. The number of carbonyl (C=O) groups excluding carboxylic acids is 10. The molecule has 0 aromatic carbocycles. The molecule has 1 atom stereocenters. The maximum Gasteiger partial charge on any atom is 0.308 e. The SMILES string of the molecule is CC(C)(C)OC(=O)CCOCCOCCOCCOCCNC(=O)[C@H](CCCCNC(=O)CCOCCOCCOCCOCCOCCOCCOCCOCCOCCOCCOCCOCCNC(=O)CCN1C(=O)C=CC1=O)NC(=O)CCOCCOCCOCCOCCOCCOCCOCCOCCOCCOCCOCCOCCNC(=O)CCN1C(=O)C=CC1=O. The smallest absolute Gasteiger partial charge is 0.308 e. The van der Waals surface area contributed by atoms with E-state index in [4.69, 9.17) is 137 Å². The number of nitrogens with zero attached hydrogens (tertiary/aromatic N) is 2. The van der Waals surface area contributed by atoms with Gasteiger partial charge < -0.3 is 164 Å². The Kier molecular flexibility index (Phi) is 87.7. The van der Waals surface area contributed by atoms with E-state index in [2.05, 4.69) is 26.6 Å². The molecule has 784 valence electrons. The molecule has 46 nitrogen and oxygen atoms in total. The molecule has 0 unspecified atom stereocenters. The van der Waals surface area contributed by atoms with E-state index in [0.29, 0.717) is 369 Å². The summed E-state index contributed by atoms with van der Waals surface area (Å²) in [4.78, 5) is 123. The molecule has 9 amide bonds. The average Bonchev–Trinajstić information content (AvgIpc) is 1.74. The summed E-state index contributed by atoms with van der Waals surface area (Å²) in [6.07, 6.45) is 6.57. The monoisotopic (exact) mass is 1950 g/mol. The summed E-state index contributed by atoms with van der Waals surface area (Å²) in [6, 6.07) is -0.835. The lowest BCUT2D eigenvalue weighted by Gasteiger charge is -2.19. The summed E-state index contributed by atoms with van der Waals surface area (Å²) in [6.45, 7) is 27.7. The number of amides is 9. The summed E-state index contributed by atoms with van der Waals surface area (Å²) in [5.41, 5.74) is -0.540. The van der Waals surface area contributed by atoms with Gasteiger partial charge in [0.2, 0.25) is 29.5 Å². The highest BCUT2D eigenvalue weighted by molar-refractivity contribution is 6.13. The van der Waals surface area contributed by atoms with Gasteiger partial charge in [-0.2, -0.15) is 0 Å². The number of unbranched alkanes of at least 4 members (excludes halogenated alkanes) is 1. The van der Waals surface area contributed by atoms with E-state index in [1.54, 1.807) is 0 Å². The zero-order chi connectivity index (χ0) is 97.4. The van der Waals surface area contributed by atoms with E-state index < -0.39 is 35.3 Å². The van der Waals surface area contributed by atoms with Gasteiger partial charge in [0.05, 0.1) is 376 Å². The quantitative estimate of drug-likeness (QED) is 0.0269. The number of ether oxygens (including phenoxy) is 29. The van der Waals surface area contributed by atoms with Gasteiger partial charge in [0, 0.05) is 89.3 Å². The van der Waals surface area contributed by atoms with Crippen molar-refractivity contribution in [2.45, 2.75) is 83.8 Å². The Balaban J connectivity index is 1.38. The van der Waals surface area contributed by atoms with Gasteiger partial charge in [0.25, 0.3) is 23.6 Å². The number of esters is 1. The summed E-state index contributed by atoms with van der Waals surface area (Å²) in [7, 11) is 0. The van der Waals surface area contributed by atoms with Crippen molar-refractivity contribution in [3.05, 3.63) is 24.3 Å². The number of hydrogen-bond donors (Lipinski definition) is 5. The van der Waals surface area contributed by atoms with Gasteiger partial charge in [-0.25, -0.2) is 0 Å². The van der Waals surface area contributed by atoms with Crippen LogP contribution in [0.3, 0.4) is 0 Å². The molecule has 135 heavy (non-hydrogen) atoms. The average molecular weight is 1950 g/mol. The van der Waals surface area contributed by atoms with Gasteiger partial charge in [-0.3, -0.25) is 57.7 Å². The minimum absolute atomic E-state index is 0.0195. The van der Waals surface area contributed by atoms with Crippen molar-refractivity contribution < 1.29 is 185 Å². The molecule has 0 radical (unpaired) electrons. The van der Waals surface area contributed by atoms with E-state index in [9.17, 15) is 47.9 Å². The molecule has 0 aromatic heterocycles. The van der Waals surface area contributed by atoms with Crippen LogP contribution in [-0.2, 0) is 185 Å². The summed E-state index contributed by atoms with van der Waals surface area (Å²) in [5.74, 6) is -3.42. The minimum atomic E-state index is -0.835. The molecule has 0 aliphatic carbocycles. The third-order valence-electron chi connectivity index (χ3n) is 17.6. The molecule has 2 aliphatic heterocycles. The van der Waals surface area contributed by atoms with E-state index in [1.807, 2.05) is 20.8 Å². The van der Waals surface area contributed by atoms with Crippen molar-refractivity contribution in [3.63, 3.8) is 0 Å². The largest absolute Gasteiger partial charge is 0.460 e. The number of carbonyl (C=O) groups is 10. The van der Waals surface area contributed by atoms with Crippen LogP contribution in [0, 0.1) is 0 Å². The predicted molar refractivity (Wildman–Crippen MR) is 481 cm³/mol. The Bertz CT molecular complexity index is 2920. The first-order chi connectivity index (χ1) is 66.1. The molecule has 2 aliphatic rings. The van der Waals surface area contributed by atoms with E-state index >= 15 is 0 Å². The fraction of sp³-hybridized carbons (Fsp3) is 0.843. The Labute approximate surface area is 795 Å². The van der Waals surface area contributed by atoms with Crippen molar-refractivity contribution >= 4 is 59.1 Å². The van der Waals surface area contributed by atoms with E-state index in [0.717, 1.165) is 9.80 Å². The summed E-state index contributed by atoms with van der Waals surface area (Å²) in [5, 5.41) is 13.9. The molecule has 2 rings (SSSR count). The lowest BCUT2D eigenvalue weighted by atomic mass is 10.1. The topological polar surface area (TPSA) is 505 Å². The van der Waals surface area contributed by atoms with Crippen molar-refractivity contribution in [1.82, 2.24) is 36.4 Å². The van der Waals surface area contributed by atoms with Gasteiger partial charge in [0.15, 0.2) is 0 Å². The van der Waals surface area contributed by atoms with Crippen molar-refractivity contribution in [3.8, 4) is 0 Å². The number of nitrogens with one attached hydrogen (secondary N) is 5. The van der Waals surface area contributed by atoms with Gasteiger partial charge in [-0.1, -0.05) is 0 Å². The first-order valence-corrected chi connectivity index (χ1v) is 46.9. The minimum Gasteiger partial charge on any atom is -0.460 e. The molecular weight excluding hydrogens is 1790 g/mol. The number of hydrogen-bond acceptors (Lipinski definition) is 39. The Morgan fingerprint density at radius 3 is 0.667 bits per heavy atom. The molecule has 0 spiro atoms. The molecule has 2 heterocycles. The molecule has 0 saturated heterocycles. The molecule has 0 bridgehead atoms. The third kappa shape index (κ3) is 86.3. The Morgan fingerprint density at radius 1 is 0.237 bits per heavy atom. The second-order valence-electron chi connectivity index (χ2n) is 29.8. The summed E-state index contributed by atoms with van der Waals surface area (Å²) < 4.78 is 160. The second kappa shape index (κ2) is 95.0. The highest BCUT2D eigenvalue weighted by atomic mass is 16.6. The molecule has 46 heteroatoms. The van der Waals surface area contributed by atoms with Crippen molar-refractivity contribution in [1.29, 1.82) is 0 Å². The van der Waals surface area contributed by atoms with Gasteiger partial charge in [-0.05, 0) is 40.0 Å². The van der Waals surface area contributed by atoms with Crippen LogP contribution in [0.5, 0.6) is 0 Å². The Hall–Kier alpha value is -6.54. The van der Waals surface area contributed by atoms with E-state index in [1.165, 1.54) is 24.3 Å². The summed E-state index contributed by atoms with van der Waals surface area (Å²) >= 11 is 0. The predicted octanol–water partition coefficient (Wildman–Crippen LogP) is -1.29. The Morgan fingerprint density at radius 2 is 0.430 bits per heavy atom. The van der Waals surface area contributed by atoms with Crippen LogP contribution in [0.25, 0.3) is 0 Å². The number of rotatable bonds is 106. The first kappa shape index (κ1) is 125. The van der Waals surface area contributed by atoms with Crippen LogP contribution in [-0.4, -0.2) is 490 Å². The van der Waals surface area contributed by atoms with Crippen LogP contribution in [0.2, 0.25) is 0 Å². The zero-order valence-corrected chi connectivity index (χ0v) is 80.2. The standard InChI is InChI=1S/C89H159N7O39/c1-89(2,3)135-87(105)15-24-109-30-36-115-40-43-118-39-33-112-27-19-93-88(106)78(94-82(100)14-23-108-29-35-114-42-47-120-51-55-124-59-63-128-67-71-132-75-77-134-73-69-130-65-61-126-57-53-122-49-45-117-38-32-111-26-18-92-80(98)12-21-96-85(103)9-10-86(96)104)6-4-5-16-90-81(99)13-22-107-28-34-113-41-46-119-50-54-123-58-62-127-66-70-131-74-76-133-72-68-129-64-60-125-56-52-121-48-44-116-37-31-110-25-17-91-79(97)11-20-95-83(101)7-8-84(95)102/h7-10,78H,4-6,11-77H2,1-3H3,(H,90,99)(H,91,97)(H,92,98)(H,93,106)(H,94,100)/t78-/m0/s1. The highest BCUT2D eigenvalue weighted by Crippen LogP contribution is 2.10. The van der Waals surface area contributed by atoms with Crippen LogP contribution >= 0.6 is 0 Å². The molecule has 0 fully saturated rings. The fourth-order valence-corrected chi connectivity index (χ4v) is 10.8. The van der Waals surface area contributed by atoms with Crippen molar-refractivity contribution in [2.24, 2.45) is 0 Å². The molecule has 5 N–H and O–H groups in total. The maximum atomic E-state index is 13.4. The molecular formula is C89H159N7O39. The fourth-order valence-electron chi connectivity index (χ4n) is 10.8. The zero-order valence-electron chi connectivity index (χ0n) is 80.2. The highest BCUT2D eigenvalue weighted by Gasteiger charge is 2.26. The van der Waals surface area contributed by atoms with Crippen LogP contribution in [0.1, 0.15) is 72.1 Å². The normalized spacial score (nSPS) is 12.9. The van der Waals surface area contributed by atoms with E-state index in [-0.39, 0.29) is 127 Å². The van der Waals surface area contributed by atoms with Crippen LogP contribution in [0.4, 0.5) is 0 Å². The first-order valence-electron chi connectivity index (χ1n) is 46.9. The maximum absolute atomic E-state index is 13.4. The second-order valence-corrected chi connectivity index (χ2v) is 29.8.